The van der Waals surface area contributed by atoms with Crippen LogP contribution in [0.25, 0.3) is 0 Å². The highest BCUT2D eigenvalue weighted by molar-refractivity contribution is 5.95. The zero-order valence-electron chi connectivity index (χ0n) is 11.6. The van der Waals surface area contributed by atoms with Crippen molar-refractivity contribution in [2.75, 3.05) is 0 Å². The normalized spacial score (nSPS) is 11.5. The summed E-state index contributed by atoms with van der Waals surface area (Å²) in [5.41, 5.74) is 0.849. The van der Waals surface area contributed by atoms with Crippen LogP contribution in [-0.4, -0.2) is 29.1 Å². The maximum absolute atomic E-state index is 12.7. The molecule has 1 rings (SSSR count). The maximum Gasteiger partial charge on any atom is 0.321 e. The summed E-state index contributed by atoms with van der Waals surface area (Å²) < 4.78 is 12.7. The number of rotatable bonds is 6. The molecule has 0 aliphatic rings. The summed E-state index contributed by atoms with van der Waals surface area (Å²) in [6.07, 6.45) is -0.101. The number of carbonyl (C=O) groups excluding carboxylic acids is 2. The summed E-state index contributed by atoms with van der Waals surface area (Å²) in [5.74, 6) is -2.08. The summed E-state index contributed by atoms with van der Waals surface area (Å²) >= 11 is 0. The number of urea groups is 1. The van der Waals surface area contributed by atoms with E-state index in [9.17, 15) is 18.8 Å². The van der Waals surface area contributed by atoms with E-state index in [2.05, 4.69) is 5.32 Å². The number of carbonyl (C=O) groups is 3. The number of benzene rings is 1. The lowest BCUT2D eigenvalue weighted by atomic mass is 10.1. The Morgan fingerprint density at radius 3 is 2.38 bits per heavy atom. The average molecular weight is 296 g/mol. The Labute approximate surface area is 121 Å². The largest absolute Gasteiger partial charge is 0.481 e. The summed E-state index contributed by atoms with van der Waals surface area (Å²) in [6.45, 7) is 1.74. The first-order valence-corrected chi connectivity index (χ1v) is 6.43. The molecule has 1 atom stereocenters. The van der Waals surface area contributed by atoms with E-state index in [-0.39, 0.29) is 24.7 Å². The first-order chi connectivity index (χ1) is 9.86. The monoisotopic (exact) mass is 296 g/mol. The van der Waals surface area contributed by atoms with Crippen LogP contribution in [0.5, 0.6) is 0 Å². The number of nitrogens with one attached hydrogen (secondary N) is 2. The number of carboxylic acids is 1. The molecule has 21 heavy (non-hydrogen) atoms. The molecule has 0 aliphatic heterocycles. The molecule has 0 aliphatic carbocycles. The third-order valence-electron chi connectivity index (χ3n) is 2.65. The van der Waals surface area contributed by atoms with Gasteiger partial charge in [-0.2, -0.15) is 0 Å². The summed E-state index contributed by atoms with van der Waals surface area (Å²) in [5, 5.41) is 13.0. The second-order valence-electron chi connectivity index (χ2n) is 4.65. The van der Waals surface area contributed by atoms with Gasteiger partial charge in [0.2, 0.25) is 5.91 Å². The molecule has 0 radical (unpaired) electrons. The van der Waals surface area contributed by atoms with Crippen LogP contribution in [0.2, 0.25) is 0 Å². The molecule has 1 aromatic carbocycles. The van der Waals surface area contributed by atoms with Crippen LogP contribution in [0.3, 0.4) is 0 Å². The molecule has 0 saturated carbocycles. The van der Waals surface area contributed by atoms with Crippen LogP contribution in [0.1, 0.15) is 25.3 Å². The van der Waals surface area contributed by atoms with Crippen molar-refractivity contribution in [1.82, 2.24) is 10.6 Å². The Hall–Kier alpha value is -2.44. The molecule has 3 amide bonds. The molecule has 1 unspecified atom stereocenters. The van der Waals surface area contributed by atoms with Crippen molar-refractivity contribution < 1.29 is 23.9 Å². The molecule has 0 saturated heterocycles. The van der Waals surface area contributed by atoms with Gasteiger partial charge in [-0.15, -0.1) is 0 Å². The van der Waals surface area contributed by atoms with E-state index in [0.717, 1.165) is 5.56 Å². The molecule has 7 heteroatoms. The minimum Gasteiger partial charge on any atom is -0.481 e. The van der Waals surface area contributed by atoms with Crippen LogP contribution < -0.4 is 10.6 Å². The Balaban J connectivity index is 2.34. The highest BCUT2D eigenvalue weighted by Gasteiger charge is 2.12. The molecule has 1 aromatic rings. The lowest BCUT2D eigenvalue weighted by molar-refractivity contribution is -0.138. The van der Waals surface area contributed by atoms with Crippen molar-refractivity contribution in [3.63, 3.8) is 0 Å². The van der Waals surface area contributed by atoms with Crippen molar-refractivity contribution in [3.8, 4) is 0 Å². The number of hydrogen-bond donors (Lipinski definition) is 3. The van der Waals surface area contributed by atoms with E-state index in [0.29, 0.717) is 6.42 Å². The van der Waals surface area contributed by atoms with E-state index in [4.69, 9.17) is 5.11 Å². The van der Waals surface area contributed by atoms with Crippen molar-refractivity contribution in [1.29, 1.82) is 0 Å². The lowest BCUT2D eigenvalue weighted by Gasteiger charge is -2.14. The molecular weight excluding hydrogens is 279 g/mol. The Morgan fingerprint density at radius 1 is 1.19 bits per heavy atom. The topological polar surface area (TPSA) is 95.5 Å². The first kappa shape index (κ1) is 16.6. The maximum atomic E-state index is 12.7. The number of halogens is 1. The second-order valence-corrected chi connectivity index (χ2v) is 4.65. The van der Waals surface area contributed by atoms with Crippen LogP contribution >= 0.6 is 0 Å². The van der Waals surface area contributed by atoms with E-state index in [1.54, 1.807) is 19.1 Å². The molecule has 0 bridgehead atoms. The molecule has 0 spiro atoms. The minimum atomic E-state index is -1.10. The van der Waals surface area contributed by atoms with Crippen LogP contribution in [-0.2, 0) is 16.0 Å². The Bertz CT molecular complexity index is 516. The van der Waals surface area contributed by atoms with E-state index in [1.165, 1.54) is 12.1 Å². The van der Waals surface area contributed by atoms with Crippen LogP contribution in [0.4, 0.5) is 9.18 Å². The molecule has 0 aromatic heterocycles. The average Bonchev–Trinajstić information content (AvgIpc) is 2.38. The van der Waals surface area contributed by atoms with Crippen molar-refractivity contribution in [2.24, 2.45) is 0 Å². The number of carboxylic acid groups (broad SMARTS) is 1. The quantitative estimate of drug-likeness (QED) is 0.740. The third-order valence-corrected chi connectivity index (χ3v) is 2.65. The van der Waals surface area contributed by atoms with E-state index < -0.39 is 17.9 Å². The predicted octanol–water partition coefficient (Wildman–Crippen LogP) is 1.45. The van der Waals surface area contributed by atoms with Crippen molar-refractivity contribution in [2.45, 2.75) is 32.2 Å². The SMILES string of the molecule is CC(Cc1ccc(F)cc1)NC(=O)NC(=O)CCC(=O)O. The van der Waals surface area contributed by atoms with E-state index >= 15 is 0 Å². The zero-order valence-corrected chi connectivity index (χ0v) is 11.6. The minimum absolute atomic E-state index is 0.255. The van der Waals surface area contributed by atoms with Gasteiger partial charge in [-0.25, -0.2) is 9.18 Å². The van der Waals surface area contributed by atoms with Crippen molar-refractivity contribution in [3.05, 3.63) is 35.6 Å². The molecule has 114 valence electrons. The molecule has 0 heterocycles. The van der Waals surface area contributed by atoms with Gasteiger partial charge < -0.3 is 10.4 Å². The lowest BCUT2D eigenvalue weighted by Crippen LogP contribution is -2.44. The molecule has 0 fully saturated rings. The smallest absolute Gasteiger partial charge is 0.321 e. The fourth-order valence-corrected chi connectivity index (χ4v) is 1.69. The van der Waals surface area contributed by atoms with Gasteiger partial charge in [0, 0.05) is 12.5 Å². The standard InChI is InChI=1S/C14H17FN2O4/c1-9(8-10-2-4-11(15)5-3-10)16-14(21)17-12(18)6-7-13(19)20/h2-5,9H,6-8H2,1H3,(H,19,20)(H2,16,17,18,21). The highest BCUT2D eigenvalue weighted by Crippen LogP contribution is 2.05. The Morgan fingerprint density at radius 2 is 1.81 bits per heavy atom. The van der Waals surface area contributed by atoms with Crippen LogP contribution in [0, 0.1) is 5.82 Å². The predicted molar refractivity (Wildman–Crippen MR) is 73.1 cm³/mol. The van der Waals surface area contributed by atoms with Gasteiger partial charge in [-0.05, 0) is 31.0 Å². The second kappa shape index (κ2) is 7.98. The fourth-order valence-electron chi connectivity index (χ4n) is 1.69. The van der Waals surface area contributed by atoms with Gasteiger partial charge in [0.05, 0.1) is 6.42 Å². The number of hydrogen-bond acceptors (Lipinski definition) is 3. The summed E-state index contributed by atoms with van der Waals surface area (Å²) in [6, 6.07) is 4.95. The van der Waals surface area contributed by atoms with Gasteiger partial charge in [-0.1, -0.05) is 12.1 Å². The molecular formula is C14H17FN2O4. The van der Waals surface area contributed by atoms with Gasteiger partial charge in [-0.3, -0.25) is 14.9 Å². The Kier molecular flexibility index (Phi) is 6.32. The van der Waals surface area contributed by atoms with Gasteiger partial charge >= 0.3 is 12.0 Å². The highest BCUT2D eigenvalue weighted by atomic mass is 19.1. The number of amides is 3. The van der Waals surface area contributed by atoms with Gasteiger partial charge in [0.15, 0.2) is 0 Å². The van der Waals surface area contributed by atoms with Crippen LogP contribution in [0.15, 0.2) is 24.3 Å². The summed E-state index contributed by atoms with van der Waals surface area (Å²) in [7, 11) is 0. The van der Waals surface area contributed by atoms with Gasteiger partial charge in [0.25, 0.3) is 0 Å². The van der Waals surface area contributed by atoms with Gasteiger partial charge in [0.1, 0.15) is 5.82 Å². The fraction of sp³-hybridized carbons (Fsp3) is 0.357. The van der Waals surface area contributed by atoms with E-state index in [1.807, 2.05) is 5.32 Å². The third kappa shape index (κ3) is 7.05. The molecule has 6 nitrogen and oxygen atoms in total. The van der Waals surface area contributed by atoms with Crippen molar-refractivity contribution >= 4 is 17.9 Å². The number of aliphatic carboxylic acids is 1. The number of imide groups is 1. The first-order valence-electron chi connectivity index (χ1n) is 6.43. The summed E-state index contributed by atoms with van der Waals surface area (Å²) in [4.78, 5) is 33.0. The molecule has 3 N–H and O–H groups in total. The zero-order chi connectivity index (χ0) is 15.8.